The van der Waals surface area contributed by atoms with Gasteiger partial charge < -0.3 is 9.80 Å². The fourth-order valence-corrected chi connectivity index (χ4v) is 3.50. The molecule has 0 unspecified atom stereocenters. The van der Waals surface area contributed by atoms with E-state index in [0.717, 1.165) is 0 Å². The third-order valence-electron chi connectivity index (χ3n) is 4.30. The maximum atomic E-state index is 12.2. The van der Waals surface area contributed by atoms with E-state index in [2.05, 4.69) is 5.32 Å². The van der Waals surface area contributed by atoms with Crippen molar-refractivity contribution < 1.29 is 9.72 Å². The number of amides is 1. The monoisotopic (exact) mass is 404 g/mol. The predicted octanol–water partition coefficient (Wildman–Crippen LogP) is 3.09. The van der Waals surface area contributed by atoms with Crippen LogP contribution in [0.5, 0.6) is 0 Å². The molecule has 2 aromatic rings. The van der Waals surface area contributed by atoms with Crippen LogP contribution in [-0.2, 0) is 0 Å². The van der Waals surface area contributed by atoms with E-state index in [4.69, 9.17) is 23.8 Å². The van der Waals surface area contributed by atoms with Crippen LogP contribution in [0.15, 0.2) is 48.5 Å². The zero-order chi connectivity index (χ0) is 19.4. The Labute approximate surface area is 166 Å². The molecule has 1 aliphatic heterocycles. The molecule has 9 heteroatoms. The van der Waals surface area contributed by atoms with Crippen LogP contribution < -0.4 is 10.2 Å². The van der Waals surface area contributed by atoms with Gasteiger partial charge in [-0.25, -0.2) is 0 Å². The fourth-order valence-electron chi connectivity index (χ4n) is 2.94. The first-order valence-electron chi connectivity index (χ1n) is 8.30. The smallest absolute Gasteiger partial charge is 0.294 e. The highest BCUT2D eigenvalue weighted by molar-refractivity contribution is 7.80. The summed E-state index contributed by atoms with van der Waals surface area (Å²) in [5.41, 5.74) is 0.934. The number of carbonyl (C=O) groups is 1. The van der Waals surface area contributed by atoms with Crippen molar-refractivity contribution in [2.24, 2.45) is 0 Å². The van der Waals surface area contributed by atoms with Crippen LogP contribution >= 0.6 is 23.8 Å². The highest BCUT2D eigenvalue weighted by Crippen LogP contribution is 2.35. The average molecular weight is 405 g/mol. The second kappa shape index (κ2) is 8.32. The van der Waals surface area contributed by atoms with Gasteiger partial charge in [0.1, 0.15) is 5.69 Å². The predicted molar refractivity (Wildman–Crippen MR) is 108 cm³/mol. The number of nitro groups is 1. The van der Waals surface area contributed by atoms with E-state index in [1.165, 1.54) is 6.07 Å². The van der Waals surface area contributed by atoms with Crippen molar-refractivity contribution in [3.63, 3.8) is 0 Å². The SMILES string of the molecule is O=C(NC(=S)N1CCN(c2c(Cl)cccc2[N+](=O)[O-])CC1)c1ccccc1. The van der Waals surface area contributed by atoms with Crippen LogP contribution in [0.2, 0.25) is 5.02 Å². The first-order valence-corrected chi connectivity index (χ1v) is 9.09. The first-order chi connectivity index (χ1) is 13.0. The Morgan fingerprint density at radius 3 is 2.37 bits per heavy atom. The highest BCUT2D eigenvalue weighted by atomic mass is 35.5. The van der Waals surface area contributed by atoms with Gasteiger partial charge in [-0.1, -0.05) is 35.9 Å². The molecular weight excluding hydrogens is 388 g/mol. The third kappa shape index (κ3) is 4.35. The number of hydrogen-bond donors (Lipinski definition) is 1. The van der Waals surface area contributed by atoms with Crippen LogP contribution in [-0.4, -0.2) is 47.0 Å². The van der Waals surface area contributed by atoms with Crippen LogP contribution in [0.1, 0.15) is 10.4 Å². The van der Waals surface area contributed by atoms with Gasteiger partial charge in [0, 0.05) is 37.8 Å². The molecule has 27 heavy (non-hydrogen) atoms. The van der Waals surface area contributed by atoms with Crippen molar-refractivity contribution in [3.8, 4) is 0 Å². The summed E-state index contributed by atoms with van der Waals surface area (Å²) in [6, 6.07) is 13.5. The van der Waals surface area contributed by atoms with Crippen LogP contribution in [0.4, 0.5) is 11.4 Å². The summed E-state index contributed by atoms with van der Waals surface area (Å²) < 4.78 is 0. The summed E-state index contributed by atoms with van der Waals surface area (Å²) in [5, 5.41) is 14.7. The highest BCUT2D eigenvalue weighted by Gasteiger charge is 2.27. The van der Waals surface area contributed by atoms with E-state index in [1.807, 2.05) is 15.9 Å². The summed E-state index contributed by atoms with van der Waals surface area (Å²) >= 11 is 11.5. The molecule has 0 aliphatic carbocycles. The lowest BCUT2D eigenvalue weighted by Crippen LogP contribution is -2.52. The third-order valence-corrected chi connectivity index (χ3v) is 4.97. The molecule has 1 aliphatic rings. The minimum Gasteiger partial charge on any atom is -0.361 e. The number of para-hydroxylation sites is 1. The van der Waals surface area contributed by atoms with Gasteiger partial charge in [-0.05, 0) is 30.4 Å². The molecule has 1 amide bonds. The number of thiocarbonyl (C=S) groups is 1. The lowest BCUT2D eigenvalue weighted by Gasteiger charge is -2.37. The quantitative estimate of drug-likeness (QED) is 0.481. The Bertz CT molecular complexity index is 870. The molecule has 1 N–H and O–H groups in total. The summed E-state index contributed by atoms with van der Waals surface area (Å²) in [6.45, 7) is 2.06. The Kier molecular flexibility index (Phi) is 5.88. The maximum Gasteiger partial charge on any atom is 0.294 e. The van der Waals surface area contributed by atoms with Crippen molar-refractivity contribution in [1.82, 2.24) is 10.2 Å². The molecule has 0 spiro atoms. The first kappa shape index (κ1) is 19.1. The summed E-state index contributed by atoms with van der Waals surface area (Å²) in [6.07, 6.45) is 0. The molecular formula is C18H17ClN4O3S. The normalized spacial score (nSPS) is 14.0. The Morgan fingerprint density at radius 1 is 1.07 bits per heavy atom. The largest absolute Gasteiger partial charge is 0.361 e. The number of nitrogens with one attached hydrogen (secondary N) is 1. The van der Waals surface area contributed by atoms with E-state index < -0.39 is 4.92 Å². The molecule has 0 aromatic heterocycles. The van der Waals surface area contributed by atoms with Crippen LogP contribution in [0.3, 0.4) is 0 Å². The Hall–Kier alpha value is -2.71. The Morgan fingerprint density at radius 2 is 1.74 bits per heavy atom. The molecule has 2 aromatic carbocycles. The molecule has 0 radical (unpaired) electrons. The molecule has 3 rings (SSSR count). The van der Waals surface area contributed by atoms with Gasteiger partial charge in [-0.3, -0.25) is 20.2 Å². The summed E-state index contributed by atoms with van der Waals surface area (Å²) in [4.78, 5) is 26.8. The number of benzene rings is 2. The standard InChI is InChI=1S/C18H17ClN4O3S/c19-14-7-4-8-15(23(25)26)16(14)21-9-11-22(12-10-21)18(27)20-17(24)13-5-2-1-3-6-13/h1-8H,9-12H2,(H,20,24,27). The number of anilines is 1. The second-order valence-electron chi connectivity index (χ2n) is 5.96. The van der Waals surface area contributed by atoms with Crippen molar-refractivity contribution in [2.45, 2.75) is 0 Å². The van der Waals surface area contributed by atoms with Gasteiger partial charge in [0.25, 0.3) is 11.6 Å². The molecule has 1 saturated heterocycles. The topological polar surface area (TPSA) is 78.7 Å². The van der Waals surface area contributed by atoms with Crippen LogP contribution in [0, 0.1) is 10.1 Å². The zero-order valence-electron chi connectivity index (χ0n) is 14.3. The van der Waals surface area contributed by atoms with Crippen molar-refractivity contribution in [1.29, 1.82) is 0 Å². The second-order valence-corrected chi connectivity index (χ2v) is 6.76. The van der Waals surface area contributed by atoms with Gasteiger partial charge >= 0.3 is 0 Å². The van der Waals surface area contributed by atoms with Gasteiger partial charge in [0.05, 0.1) is 9.95 Å². The van der Waals surface area contributed by atoms with Gasteiger partial charge in [0.2, 0.25) is 0 Å². The summed E-state index contributed by atoms with van der Waals surface area (Å²) in [7, 11) is 0. The van der Waals surface area contributed by atoms with Crippen LogP contribution in [0.25, 0.3) is 0 Å². The molecule has 1 heterocycles. The number of carbonyl (C=O) groups excluding carboxylic acids is 1. The maximum absolute atomic E-state index is 12.2. The van der Waals surface area contributed by atoms with Gasteiger partial charge in [-0.15, -0.1) is 0 Å². The van der Waals surface area contributed by atoms with E-state index >= 15 is 0 Å². The van der Waals surface area contributed by atoms with E-state index in [9.17, 15) is 14.9 Å². The van der Waals surface area contributed by atoms with Gasteiger partial charge in [0.15, 0.2) is 5.11 Å². The van der Waals surface area contributed by atoms with Crippen molar-refractivity contribution in [2.75, 3.05) is 31.1 Å². The molecule has 0 saturated carbocycles. The lowest BCUT2D eigenvalue weighted by atomic mass is 10.2. The summed E-state index contributed by atoms with van der Waals surface area (Å²) in [5.74, 6) is -0.259. The number of nitrogens with zero attached hydrogens (tertiary/aromatic N) is 3. The average Bonchev–Trinajstić information content (AvgIpc) is 2.68. The fraction of sp³-hybridized carbons (Fsp3) is 0.222. The number of hydrogen-bond acceptors (Lipinski definition) is 5. The number of halogens is 1. The molecule has 140 valence electrons. The molecule has 0 bridgehead atoms. The zero-order valence-corrected chi connectivity index (χ0v) is 15.9. The minimum atomic E-state index is -0.432. The number of piperazine rings is 1. The Balaban J connectivity index is 1.63. The van der Waals surface area contributed by atoms with E-state index in [0.29, 0.717) is 47.6 Å². The molecule has 0 atom stereocenters. The number of rotatable bonds is 3. The lowest BCUT2D eigenvalue weighted by molar-refractivity contribution is -0.384. The number of nitro benzene ring substituents is 1. The van der Waals surface area contributed by atoms with Crippen molar-refractivity contribution >= 4 is 46.2 Å². The minimum absolute atomic E-state index is 0.0177. The molecule has 7 nitrogen and oxygen atoms in total. The van der Waals surface area contributed by atoms with Crippen molar-refractivity contribution in [3.05, 3.63) is 69.2 Å². The van der Waals surface area contributed by atoms with Gasteiger partial charge in [-0.2, -0.15) is 0 Å². The van der Waals surface area contributed by atoms with E-state index in [1.54, 1.807) is 36.4 Å². The van der Waals surface area contributed by atoms with E-state index in [-0.39, 0.29) is 11.6 Å². The molecule has 1 fully saturated rings.